The molecule has 2 aromatic rings. The Morgan fingerprint density at radius 3 is 2.32 bits per heavy atom. The van der Waals surface area contributed by atoms with Crippen molar-refractivity contribution in [3.8, 4) is 5.75 Å². The van der Waals surface area contributed by atoms with Crippen molar-refractivity contribution in [2.24, 2.45) is 10.1 Å². The molecule has 10 heteroatoms. The number of rotatable bonds is 6. The summed E-state index contributed by atoms with van der Waals surface area (Å²) in [5.74, 6) is 1.43. The summed E-state index contributed by atoms with van der Waals surface area (Å²) in [4.78, 5) is 4.99. The number of methoxy groups -OCH3 is 1. The van der Waals surface area contributed by atoms with E-state index in [0.29, 0.717) is 19.0 Å². The van der Waals surface area contributed by atoms with Crippen molar-refractivity contribution in [2.45, 2.75) is 17.3 Å². The van der Waals surface area contributed by atoms with Crippen LogP contribution < -0.4 is 20.5 Å². The minimum atomic E-state index is -3.64. The summed E-state index contributed by atoms with van der Waals surface area (Å²) in [7, 11) is -0.339. The number of primary sulfonamides is 1. The van der Waals surface area contributed by atoms with E-state index in [0.717, 1.165) is 27.5 Å². The Morgan fingerprint density at radius 1 is 1.16 bits per heavy atom. The second-order valence-corrected chi connectivity index (χ2v) is 7.85. The van der Waals surface area contributed by atoms with Crippen LogP contribution in [-0.4, -0.2) is 28.5 Å². The minimum absolute atomic E-state index is 0. The Kier molecular flexibility index (Phi) is 8.62. The summed E-state index contributed by atoms with van der Waals surface area (Å²) in [6.45, 7) is 1.07. The highest BCUT2D eigenvalue weighted by atomic mass is 127. The van der Waals surface area contributed by atoms with E-state index in [2.05, 4.69) is 15.6 Å². The average Bonchev–Trinajstić information content (AvgIpc) is 3.05. The number of aliphatic imine (C=N–C) groups is 1. The van der Waals surface area contributed by atoms with Gasteiger partial charge in [-0.25, -0.2) is 13.6 Å². The number of nitrogens with two attached hydrogens (primary N) is 1. The normalized spacial score (nSPS) is 11.6. The maximum atomic E-state index is 11.3. The molecule has 25 heavy (non-hydrogen) atoms. The first kappa shape index (κ1) is 21.7. The van der Waals surface area contributed by atoms with E-state index in [1.165, 1.54) is 6.07 Å². The zero-order valence-corrected chi connectivity index (χ0v) is 17.8. The van der Waals surface area contributed by atoms with Crippen LogP contribution in [0.5, 0.6) is 5.75 Å². The Hall–Kier alpha value is -1.37. The fraction of sp³-hybridized carbons (Fsp3) is 0.267. The van der Waals surface area contributed by atoms with E-state index in [1.807, 2.05) is 24.3 Å². The SMILES string of the molecule is CN=C(NCc1ccc(OC)cc1)NCc1ccc(S(N)(=O)=O)s1.I. The van der Waals surface area contributed by atoms with Crippen LogP contribution in [0.15, 0.2) is 45.6 Å². The van der Waals surface area contributed by atoms with Gasteiger partial charge in [-0.05, 0) is 29.8 Å². The molecule has 0 unspecified atom stereocenters. The molecule has 138 valence electrons. The van der Waals surface area contributed by atoms with Crippen LogP contribution in [0.4, 0.5) is 0 Å². The molecule has 0 aliphatic rings. The number of hydrogen-bond acceptors (Lipinski definition) is 5. The highest BCUT2D eigenvalue weighted by molar-refractivity contribution is 14.0. The Balaban J connectivity index is 0.00000312. The van der Waals surface area contributed by atoms with Crippen LogP contribution in [0.25, 0.3) is 0 Å². The lowest BCUT2D eigenvalue weighted by atomic mass is 10.2. The smallest absolute Gasteiger partial charge is 0.247 e. The van der Waals surface area contributed by atoms with Gasteiger partial charge in [0.15, 0.2) is 5.96 Å². The van der Waals surface area contributed by atoms with Gasteiger partial charge in [0, 0.05) is 18.5 Å². The van der Waals surface area contributed by atoms with E-state index >= 15 is 0 Å². The average molecular weight is 496 g/mol. The van der Waals surface area contributed by atoms with Gasteiger partial charge in [-0.15, -0.1) is 35.3 Å². The van der Waals surface area contributed by atoms with Crippen molar-refractivity contribution >= 4 is 51.3 Å². The van der Waals surface area contributed by atoms with Gasteiger partial charge < -0.3 is 15.4 Å². The van der Waals surface area contributed by atoms with Crippen molar-refractivity contribution in [1.82, 2.24) is 10.6 Å². The van der Waals surface area contributed by atoms with E-state index in [1.54, 1.807) is 20.2 Å². The molecule has 0 fully saturated rings. The van der Waals surface area contributed by atoms with E-state index in [4.69, 9.17) is 9.88 Å². The second-order valence-electron chi connectivity index (χ2n) is 4.89. The van der Waals surface area contributed by atoms with Crippen LogP contribution in [0.2, 0.25) is 0 Å². The minimum Gasteiger partial charge on any atom is -0.497 e. The Morgan fingerprint density at radius 2 is 1.80 bits per heavy atom. The second kappa shape index (κ2) is 9.94. The summed E-state index contributed by atoms with van der Waals surface area (Å²) in [6.07, 6.45) is 0. The number of ether oxygens (including phenoxy) is 1. The number of benzene rings is 1. The molecule has 7 nitrogen and oxygen atoms in total. The predicted molar refractivity (Wildman–Crippen MR) is 111 cm³/mol. The van der Waals surface area contributed by atoms with Crippen LogP contribution in [-0.2, 0) is 23.1 Å². The molecular formula is C15H21IN4O3S2. The highest BCUT2D eigenvalue weighted by Gasteiger charge is 2.11. The first-order chi connectivity index (χ1) is 11.4. The first-order valence-electron chi connectivity index (χ1n) is 7.11. The maximum absolute atomic E-state index is 11.3. The molecule has 0 atom stereocenters. The molecule has 4 N–H and O–H groups in total. The molecule has 0 spiro atoms. The number of nitrogens with zero attached hydrogens (tertiary/aromatic N) is 1. The number of sulfonamides is 1. The van der Waals surface area contributed by atoms with Crippen molar-refractivity contribution in [3.05, 3.63) is 46.8 Å². The third-order valence-electron chi connectivity index (χ3n) is 3.19. The van der Waals surface area contributed by atoms with Crippen LogP contribution in [0.1, 0.15) is 10.4 Å². The highest BCUT2D eigenvalue weighted by Crippen LogP contribution is 2.19. The Bertz CT molecular complexity index is 804. The van der Waals surface area contributed by atoms with Crippen molar-refractivity contribution in [1.29, 1.82) is 0 Å². The summed E-state index contributed by atoms with van der Waals surface area (Å²) in [5.41, 5.74) is 1.09. The van der Waals surface area contributed by atoms with Crippen molar-refractivity contribution in [3.63, 3.8) is 0 Å². The molecule has 1 aromatic heterocycles. The van der Waals surface area contributed by atoms with Crippen LogP contribution >= 0.6 is 35.3 Å². The number of hydrogen-bond donors (Lipinski definition) is 3. The lowest BCUT2D eigenvalue weighted by Gasteiger charge is -2.11. The van der Waals surface area contributed by atoms with E-state index < -0.39 is 10.0 Å². The van der Waals surface area contributed by atoms with Crippen molar-refractivity contribution < 1.29 is 13.2 Å². The zero-order chi connectivity index (χ0) is 17.6. The number of thiophene rings is 1. The zero-order valence-electron chi connectivity index (χ0n) is 13.9. The summed E-state index contributed by atoms with van der Waals surface area (Å²) in [6, 6.07) is 11.0. The lowest BCUT2D eigenvalue weighted by molar-refractivity contribution is 0.414. The molecule has 1 aromatic carbocycles. The van der Waals surface area contributed by atoms with Gasteiger partial charge in [-0.1, -0.05) is 12.1 Å². The third kappa shape index (κ3) is 6.80. The van der Waals surface area contributed by atoms with Gasteiger partial charge in [0.1, 0.15) is 9.96 Å². The molecule has 0 amide bonds. The maximum Gasteiger partial charge on any atom is 0.247 e. The molecule has 0 saturated heterocycles. The van der Waals surface area contributed by atoms with Gasteiger partial charge in [-0.2, -0.15) is 0 Å². The van der Waals surface area contributed by atoms with Crippen molar-refractivity contribution in [2.75, 3.05) is 14.2 Å². The number of guanidine groups is 1. The van der Waals surface area contributed by atoms with Gasteiger partial charge in [0.05, 0.1) is 13.7 Å². The number of halogens is 1. The van der Waals surface area contributed by atoms with Gasteiger partial charge >= 0.3 is 0 Å². The van der Waals surface area contributed by atoms with E-state index in [9.17, 15) is 8.42 Å². The van der Waals surface area contributed by atoms with E-state index in [-0.39, 0.29) is 28.2 Å². The predicted octanol–water partition coefficient (Wildman–Crippen LogP) is 1.89. The fourth-order valence-electron chi connectivity index (χ4n) is 1.93. The largest absolute Gasteiger partial charge is 0.497 e. The number of nitrogens with one attached hydrogen (secondary N) is 2. The molecule has 0 radical (unpaired) electrons. The van der Waals surface area contributed by atoms with Crippen LogP contribution in [0.3, 0.4) is 0 Å². The monoisotopic (exact) mass is 496 g/mol. The summed E-state index contributed by atoms with van der Waals surface area (Å²) < 4.78 is 27.8. The van der Waals surface area contributed by atoms with Gasteiger partial charge in [0.25, 0.3) is 0 Å². The molecular weight excluding hydrogens is 475 g/mol. The van der Waals surface area contributed by atoms with Gasteiger partial charge in [-0.3, -0.25) is 4.99 Å². The molecule has 0 aliphatic carbocycles. The molecule has 0 aliphatic heterocycles. The lowest BCUT2D eigenvalue weighted by Crippen LogP contribution is -2.36. The molecule has 0 saturated carbocycles. The third-order valence-corrected chi connectivity index (χ3v) is 5.71. The first-order valence-corrected chi connectivity index (χ1v) is 9.47. The van der Waals surface area contributed by atoms with Gasteiger partial charge in [0.2, 0.25) is 10.0 Å². The molecule has 2 rings (SSSR count). The Labute approximate surface area is 168 Å². The fourth-order valence-corrected chi connectivity index (χ4v) is 3.65. The van der Waals surface area contributed by atoms with Crippen LogP contribution in [0, 0.1) is 0 Å². The molecule has 1 heterocycles. The molecule has 0 bridgehead atoms. The topological polar surface area (TPSA) is 106 Å². The summed E-state index contributed by atoms with van der Waals surface area (Å²) in [5, 5.41) is 11.4. The standard InChI is InChI=1S/C15H20N4O3S2.HI/c1-17-15(18-9-11-3-5-12(22-2)6-4-11)19-10-13-7-8-14(23-13)24(16,20)21;/h3-8H,9-10H2,1-2H3,(H2,16,20,21)(H2,17,18,19);1H. The summed E-state index contributed by atoms with van der Waals surface area (Å²) >= 11 is 1.14. The quantitative estimate of drug-likeness (QED) is 0.322.